The molecule has 1 heterocycles. The van der Waals surface area contributed by atoms with Crippen molar-refractivity contribution in [1.29, 1.82) is 0 Å². The Balaban J connectivity index is 2.41. The van der Waals surface area contributed by atoms with Gasteiger partial charge in [-0.15, -0.1) is 0 Å². The highest BCUT2D eigenvalue weighted by molar-refractivity contribution is 4.83. The van der Waals surface area contributed by atoms with Crippen LogP contribution in [0, 0.1) is 5.41 Å². The first-order chi connectivity index (χ1) is 7.70. The zero-order valence-electron chi connectivity index (χ0n) is 12.5. The van der Waals surface area contributed by atoms with Gasteiger partial charge in [-0.2, -0.15) is 0 Å². The van der Waals surface area contributed by atoms with E-state index in [1.54, 1.807) is 0 Å². The molecule has 1 atom stereocenters. The highest BCUT2D eigenvalue weighted by Gasteiger charge is 2.27. The summed E-state index contributed by atoms with van der Waals surface area (Å²) in [4.78, 5) is 2.55. The van der Waals surface area contributed by atoms with E-state index in [1.807, 2.05) is 0 Å². The average molecular weight is 242 g/mol. The van der Waals surface area contributed by atoms with Gasteiger partial charge >= 0.3 is 0 Å². The van der Waals surface area contributed by atoms with Crippen molar-refractivity contribution >= 4 is 0 Å². The highest BCUT2D eigenvalue weighted by atomic mass is 16.5. The predicted octanol–water partition coefficient (Wildman–Crippen LogP) is 2.12. The van der Waals surface area contributed by atoms with Crippen LogP contribution in [0.3, 0.4) is 0 Å². The maximum Gasteiger partial charge on any atom is 0.0619 e. The van der Waals surface area contributed by atoms with Crippen LogP contribution in [0.4, 0.5) is 0 Å². The molecule has 0 aromatic rings. The lowest BCUT2D eigenvalue weighted by Gasteiger charge is -2.40. The molecular weight excluding hydrogens is 212 g/mol. The van der Waals surface area contributed by atoms with Gasteiger partial charge < -0.3 is 10.1 Å². The summed E-state index contributed by atoms with van der Waals surface area (Å²) in [6, 6.07) is 0.553. The molecule has 17 heavy (non-hydrogen) atoms. The molecule has 0 amide bonds. The van der Waals surface area contributed by atoms with E-state index in [-0.39, 0.29) is 5.54 Å². The molecule has 1 unspecified atom stereocenters. The van der Waals surface area contributed by atoms with E-state index in [0.717, 1.165) is 32.8 Å². The molecule has 0 bridgehead atoms. The molecule has 0 aromatic heterocycles. The maximum atomic E-state index is 5.48. The Kier molecular flexibility index (Phi) is 4.99. The summed E-state index contributed by atoms with van der Waals surface area (Å²) < 4.78 is 5.48. The van der Waals surface area contributed by atoms with Crippen LogP contribution >= 0.6 is 0 Å². The van der Waals surface area contributed by atoms with Gasteiger partial charge in [0.25, 0.3) is 0 Å². The average Bonchev–Trinajstić information content (AvgIpc) is 2.18. The Morgan fingerprint density at radius 3 is 2.41 bits per heavy atom. The third-order valence-electron chi connectivity index (χ3n) is 3.23. The van der Waals surface area contributed by atoms with Gasteiger partial charge in [0.1, 0.15) is 0 Å². The smallest absolute Gasteiger partial charge is 0.0619 e. The molecule has 102 valence electrons. The molecule has 1 aliphatic heterocycles. The van der Waals surface area contributed by atoms with Crippen molar-refractivity contribution in [3.8, 4) is 0 Å². The topological polar surface area (TPSA) is 24.5 Å². The van der Waals surface area contributed by atoms with Gasteiger partial charge in [-0.25, -0.2) is 0 Å². The lowest BCUT2D eigenvalue weighted by atomic mass is 9.90. The van der Waals surface area contributed by atoms with Crippen LogP contribution in [0.5, 0.6) is 0 Å². The summed E-state index contributed by atoms with van der Waals surface area (Å²) in [5.41, 5.74) is 0.507. The first-order valence-electron chi connectivity index (χ1n) is 6.76. The Bertz CT molecular complexity index is 233. The zero-order chi connectivity index (χ0) is 13.1. The van der Waals surface area contributed by atoms with Crippen molar-refractivity contribution in [1.82, 2.24) is 10.2 Å². The van der Waals surface area contributed by atoms with E-state index in [2.05, 4.69) is 51.8 Å². The van der Waals surface area contributed by atoms with Gasteiger partial charge in [0.2, 0.25) is 0 Å². The molecule has 0 aromatic carbocycles. The minimum absolute atomic E-state index is 0.202. The first kappa shape index (κ1) is 14.9. The molecule has 3 nitrogen and oxygen atoms in total. The molecule has 1 N–H and O–H groups in total. The number of rotatable bonds is 4. The van der Waals surface area contributed by atoms with E-state index in [4.69, 9.17) is 4.74 Å². The molecule has 1 fully saturated rings. The summed E-state index contributed by atoms with van der Waals surface area (Å²) >= 11 is 0. The molecule has 1 saturated heterocycles. The fraction of sp³-hybridized carbons (Fsp3) is 1.00. The first-order valence-corrected chi connectivity index (χ1v) is 6.76. The third-order valence-corrected chi connectivity index (χ3v) is 3.23. The number of morpholine rings is 1. The second-order valence-corrected chi connectivity index (χ2v) is 7.16. The highest BCUT2D eigenvalue weighted by Crippen LogP contribution is 2.20. The molecular formula is C14H30N2O. The number of hydrogen-bond acceptors (Lipinski definition) is 3. The summed E-state index contributed by atoms with van der Waals surface area (Å²) in [6.45, 7) is 18.6. The van der Waals surface area contributed by atoms with Crippen molar-refractivity contribution in [2.45, 2.75) is 53.1 Å². The van der Waals surface area contributed by atoms with Gasteiger partial charge in [0.05, 0.1) is 13.2 Å². The Morgan fingerprint density at radius 2 is 1.88 bits per heavy atom. The quantitative estimate of drug-likeness (QED) is 0.817. The minimum Gasteiger partial charge on any atom is -0.379 e. The fourth-order valence-corrected chi connectivity index (χ4v) is 2.11. The normalized spacial score (nSPS) is 24.0. The molecule has 3 heteroatoms. The van der Waals surface area contributed by atoms with Crippen LogP contribution < -0.4 is 5.32 Å². The SMILES string of the molecule is CC1COCCN1CC(C)(C)CNC(C)(C)C. The molecule has 1 aliphatic rings. The molecule has 0 saturated carbocycles. The summed E-state index contributed by atoms with van der Waals surface area (Å²) in [6.07, 6.45) is 0. The summed E-state index contributed by atoms with van der Waals surface area (Å²) in [5.74, 6) is 0. The van der Waals surface area contributed by atoms with Crippen LogP contribution in [0.1, 0.15) is 41.5 Å². The Labute approximate surface area is 107 Å². The van der Waals surface area contributed by atoms with Crippen molar-refractivity contribution in [2.75, 3.05) is 32.8 Å². The number of nitrogens with zero attached hydrogens (tertiary/aromatic N) is 1. The monoisotopic (exact) mass is 242 g/mol. The van der Waals surface area contributed by atoms with Crippen LogP contribution in [0.15, 0.2) is 0 Å². The van der Waals surface area contributed by atoms with E-state index in [1.165, 1.54) is 0 Å². The van der Waals surface area contributed by atoms with Crippen molar-refractivity contribution < 1.29 is 4.74 Å². The van der Waals surface area contributed by atoms with E-state index < -0.39 is 0 Å². The van der Waals surface area contributed by atoms with Gasteiger partial charge in [0, 0.05) is 31.2 Å². The number of nitrogens with one attached hydrogen (secondary N) is 1. The predicted molar refractivity (Wildman–Crippen MR) is 73.4 cm³/mol. The zero-order valence-corrected chi connectivity index (χ0v) is 12.5. The fourth-order valence-electron chi connectivity index (χ4n) is 2.11. The van der Waals surface area contributed by atoms with Gasteiger partial charge in [-0.05, 0) is 33.1 Å². The van der Waals surface area contributed by atoms with Gasteiger partial charge in [-0.1, -0.05) is 13.8 Å². The number of hydrogen-bond donors (Lipinski definition) is 1. The molecule has 0 radical (unpaired) electrons. The van der Waals surface area contributed by atoms with Crippen LogP contribution in [0.2, 0.25) is 0 Å². The standard InChI is InChI=1S/C14H30N2O/c1-12-9-17-8-7-16(12)11-14(5,6)10-15-13(2,3)4/h12,15H,7-11H2,1-6H3. The summed E-state index contributed by atoms with van der Waals surface area (Å²) in [5, 5.41) is 3.61. The van der Waals surface area contributed by atoms with Gasteiger partial charge in [-0.3, -0.25) is 4.90 Å². The van der Waals surface area contributed by atoms with E-state index in [9.17, 15) is 0 Å². The van der Waals surface area contributed by atoms with Crippen LogP contribution in [-0.4, -0.2) is 49.3 Å². The molecule has 0 spiro atoms. The number of ether oxygens (including phenoxy) is 1. The van der Waals surface area contributed by atoms with Crippen molar-refractivity contribution in [2.24, 2.45) is 5.41 Å². The minimum atomic E-state index is 0.202. The maximum absolute atomic E-state index is 5.48. The van der Waals surface area contributed by atoms with Crippen molar-refractivity contribution in [3.05, 3.63) is 0 Å². The molecule has 1 rings (SSSR count). The lowest BCUT2D eigenvalue weighted by molar-refractivity contribution is -0.0163. The van der Waals surface area contributed by atoms with Gasteiger partial charge in [0.15, 0.2) is 0 Å². The van der Waals surface area contributed by atoms with Crippen LogP contribution in [0.25, 0.3) is 0 Å². The second-order valence-electron chi connectivity index (χ2n) is 7.16. The Morgan fingerprint density at radius 1 is 1.24 bits per heavy atom. The van der Waals surface area contributed by atoms with E-state index >= 15 is 0 Å². The van der Waals surface area contributed by atoms with E-state index in [0.29, 0.717) is 11.5 Å². The third kappa shape index (κ3) is 5.84. The van der Waals surface area contributed by atoms with Crippen molar-refractivity contribution in [3.63, 3.8) is 0 Å². The largest absolute Gasteiger partial charge is 0.379 e. The molecule has 0 aliphatic carbocycles. The Hall–Kier alpha value is -0.120. The summed E-state index contributed by atoms with van der Waals surface area (Å²) in [7, 11) is 0. The second kappa shape index (κ2) is 5.68. The lowest BCUT2D eigenvalue weighted by Crippen LogP contribution is -2.51. The van der Waals surface area contributed by atoms with Crippen LogP contribution in [-0.2, 0) is 4.74 Å².